The molecule has 1 aliphatic rings. The van der Waals surface area contributed by atoms with E-state index >= 15 is 0 Å². The third-order valence-electron chi connectivity index (χ3n) is 6.26. The molecule has 2 unspecified atom stereocenters. The molecule has 0 radical (unpaired) electrons. The third kappa shape index (κ3) is 3.33. The molecular weight excluding hydrogens is 372 g/mol. The zero-order chi connectivity index (χ0) is 20.5. The van der Waals surface area contributed by atoms with E-state index in [0.717, 1.165) is 30.3 Å². The molecule has 1 saturated heterocycles. The molecule has 5 rings (SSSR count). The SMILES string of the molecule is O=C(O)C1CCCN(C(c2cccc3ccccc23)c2ccnc3ccccc23)C1. The number of aromatic nitrogens is 1. The molecule has 4 nitrogen and oxygen atoms in total. The number of carboxylic acid groups (broad SMARTS) is 1. The molecule has 2 atom stereocenters. The van der Waals surface area contributed by atoms with E-state index < -0.39 is 5.97 Å². The lowest BCUT2D eigenvalue weighted by molar-refractivity contribution is -0.143. The number of carboxylic acids is 1. The summed E-state index contributed by atoms with van der Waals surface area (Å²) in [4.78, 5) is 18.7. The van der Waals surface area contributed by atoms with Gasteiger partial charge in [0.2, 0.25) is 0 Å². The Bertz CT molecular complexity index is 1130. The lowest BCUT2D eigenvalue weighted by Gasteiger charge is -2.38. The standard InChI is InChI=1S/C26H24N2O2/c29-26(30)19-9-6-16-28(17-19)25(22-12-5-8-18-7-1-2-10-20(18)22)23-14-15-27-24-13-4-3-11-21(23)24/h1-5,7-8,10-15,19,25H,6,9,16-17H2,(H,29,30). The number of fused-ring (bicyclic) bond motifs is 2. The van der Waals surface area contributed by atoms with Gasteiger partial charge in [-0.3, -0.25) is 14.7 Å². The van der Waals surface area contributed by atoms with Crippen molar-refractivity contribution in [1.29, 1.82) is 0 Å². The highest BCUT2D eigenvalue weighted by molar-refractivity contribution is 5.88. The van der Waals surface area contributed by atoms with Crippen molar-refractivity contribution in [2.75, 3.05) is 13.1 Å². The Kier molecular flexibility index (Phi) is 4.93. The fraction of sp³-hybridized carbons (Fsp3) is 0.231. The van der Waals surface area contributed by atoms with Gasteiger partial charge in [-0.05, 0) is 53.4 Å². The summed E-state index contributed by atoms with van der Waals surface area (Å²) in [6.07, 6.45) is 3.50. The van der Waals surface area contributed by atoms with Crippen molar-refractivity contribution in [1.82, 2.24) is 9.88 Å². The number of likely N-dealkylation sites (tertiary alicyclic amines) is 1. The molecule has 0 saturated carbocycles. The van der Waals surface area contributed by atoms with Gasteiger partial charge >= 0.3 is 5.97 Å². The van der Waals surface area contributed by atoms with Crippen LogP contribution < -0.4 is 0 Å². The number of hydrogen-bond donors (Lipinski definition) is 1. The summed E-state index contributed by atoms with van der Waals surface area (Å²) in [7, 11) is 0. The van der Waals surface area contributed by atoms with Crippen molar-refractivity contribution in [3.05, 3.63) is 90.1 Å². The van der Waals surface area contributed by atoms with Crippen molar-refractivity contribution in [2.45, 2.75) is 18.9 Å². The van der Waals surface area contributed by atoms with Gasteiger partial charge in [0.1, 0.15) is 0 Å². The first-order valence-corrected chi connectivity index (χ1v) is 10.5. The number of aliphatic carboxylic acids is 1. The van der Waals surface area contributed by atoms with E-state index in [4.69, 9.17) is 0 Å². The van der Waals surface area contributed by atoms with E-state index in [0.29, 0.717) is 6.54 Å². The Morgan fingerprint density at radius 3 is 2.53 bits per heavy atom. The zero-order valence-electron chi connectivity index (χ0n) is 16.7. The monoisotopic (exact) mass is 396 g/mol. The quantitative estimate of drug-likeness (QED) is 0.510. The van der Waals surface area contributed by atoms with E-state index in [1.807, 2.05) is 24.4 Å². The predicted molar refractivity (Wildman–Crippen MR) is 119 cm³/mol. The van der Waals surface area contributed by atoms with E-state index in [1.54, 1.807) is 0 Å². The molecule has 1 aliphatic heterocycles. The molecule has 30 heavy (non-hydrogen) atoms. The van der Waals surface area contributed by atoms with Gasteiger partial charge in [-0.25, -0.2) is 0 Å². The highest BCUT2D eigenvalue weighted by Gasteiger charge is 2.32. The van der Waals surface area contributed by atoms with Crippen LogP contribution in [0.2, 0.25) is 0 Å². The highest BCUT2D eigenvalue weighted by atomic mass is 16.4. The Balaban J connectivity index is 1.73. The fourth-order valence-electron chi connectivity index (χ4n) is 4.85. The minimum Gasteiger partial charge on any atom is -0.481 e. The summed E-state index contributed by atoms with van der Waals surface area (Å²) in [6, 6.07) is 25.1. The van der Waals surface area contributed by atoms with Gasteiger partial charge in [0.25, 0.3) is 0 Å². The van der Waals surface area contributed by atoms with Crippen LogP contribution in [0.1, 0.15) is 30.0 Å². The fourth-order valence-corrected chi connectivity index (χ4v) is 4.85. The zero-order valence-corrected chi connectivity index (χ0v) is 16.7. The minimum absolute atomic E-state index is 0.0221. The summed E-state index contributed by atoms with van der Waals surface area (Å²) >= 11 is 0. The second-order valence-corrected chi connectivity index (χ2v) is 8.06. The molecule has 1 aromatic heterocycles. The summed E-state index contributed by atoms with van der Waals surface area (Å²) in [5.41, 5.74) is 3.37. The van der Waals surface area contributed by atoms with Crippen LogP contribution in [-0.2, 0) is 4.79 Å². The summed E-state index contributed by atoms with van der Waals surface area (Å²) in [5, 5.41) is 13.2. The molecule has 4 aromatic rings. The van der Waals surface area contributed by atoms with Gasteiger partial charge in [0.15, 0.2) is 0 Å². The smallest absolute Gasteiger partial charge is 0.307 e. The van der Waals surface area contributed by atoms with Crippen molar-refractivity contribution < 1.29 is 9.90 Å². The number of benzene rings is 3. The number of rotatable bonds is 4. The van der Waals surface area contributed by atoms with E-state index in [1.165, 1.54) is 21.9 Å². The first-order valence-electron chi connectivity index (χ1n) is 10.5. The number of nitrogens with zero attached hydrogens (tertiary/aromatic N) is 2. The first kappa shape index (κ1) is 18.8. The van der Waals surface area contributed by atoms with Gasteiger partial charge in [0, 0.05) is 18.1 Å². The van der Waals surface area contributed by atoms with Crippen LogP contribution in [-0.4, -0.2) is 34.0 Å². The molecule has 0 spiro atoms. The lowest BCUT2D eigenvalue weighted by atomic mass is 9.88. The van der Waals surface area contributed by atoms with Crippen LogP contribution in [0.3, 0.4) is 0 Å². The third-order valence-corrected chi connectivity index (χ3v) is 6.26. The molecule has 0 bridgehead atoms. The lowest BCUT2D eigenvalue weighted by Crippen LogP contribution is -2.41. The Labute approximate surface area is 175 Å². The Hall–Kier alpha value is -3.24. The molecule has 0 amide bonds. The maximum atomic E-state index is 11.8. The van der Waals surface area contributed by atoms with Crippen LogP contribution in [0.5, 0.6) is 0 Å². The Morgan fingerprint density at radius 2 is 1.67 bits per heavy atom. The number of piperidine rings is 1. The highest BCUT2D eigenvalue weighted by Crippen LogP contribution is 2.38. The average molecular weight is 396 g/mol. The molecule has 0 aliphatic carbocycles. The molecule has 2 heterocycles. The number of para-hydroxylation sites is 1. The molecule has 4 heteroatoms. The molecular formula is C26H24N2O2. The van der Waals surface area contributed by atoms with Crippen molar-refractivity contribution in [2.24, 2.45) is 5.92 Å². The maximum absolute atomic E-state index is 11.8. The Morgan fingerprint density at radius 1 is 0.933 bits per heavy atom. The van der Waals surface area contributed by atoms with Crippen LogP contribution in [0.4, 0.5) is 0 Å². The van der Waals surface area contributed by atoms with Crippen LogP contribution in [0.25, 0.3) is 21.7 Å². The van der Waals surface area contributed by atoms with Crippen LogP contribution in [0, 0.1) is 5.92 Å². The molecule has 3 aromatic carbocycles. The average Bonchev–Trinajstić information content (AvgIpc) is 2.80. The van der Waals surface area contributed by atoms with Gasteiger partial charge in [-0.1, -0.05) is 60.7 Å². The number of pyridine rings is 1. The van der Waals surface area contributed by atoms with Crippen LogP contribution in [0.15, 0.2) is 79.0 Å². The van der Waals surface area contributed by atoms with Crippen molar-refractivity contribution in [3.8, 4) is 0 Å². The van der Waals surface area contributed by atoms with Gasteiger partial charge < -0.3 is 5.11 Å². The van der Waals surface area contributed by atoms with Crippen molar-refractivity contribution in [3.63, 3.8) is 0 Å². The minimum atomic E-state index is -0.698. The largest absolute Gasteiger partial charge is 0.481 e. The van der Waals surface area contributed by atoms with Gasteiger partial charge in [-0.15, -0.1) is 0 Å². The second kappa shape index (κ2) is 7.88. The summed E-state index contributed by atoms with van der Waals surface area (Å²) in [6.45, 7) is 1.44. The van der Waals surface area contributed by atoms with Gasteiger partial charge in [-0.2, -0.15) is 0 Å². The first-order chi connectivity index (χ1) is 14.7. The number of hydrogen-bond acceptors (Lipinski definition) is 3. The normalized spacial score (nSPS) is 18.5. The van der Waals surface area contributed by atoms with Crippen LogP contribution >= 0.6 is 0 Å². The number of carbonyl (C=O) groups is 1. The van der Waals surface area contributed by atoms with E-state index in [2.05, 4.69) is 64.5 Å². The van der Waals surface area contributed by atoms with Gasteiger partial charge in [0.05, 0.1) is 17.5 Å². The molecule has 150 valence electrons. The van der Waals surface area contributed by atoms with E-state index in [-0.39, 0.29) is 12.0 Å². The summed E-state index contributed by atoms with van der Waals surface area (Å²) in [5.74, 6) is -1.03. The molecule has 1 fully saturated rings. The second-order valence-electron chi connectivity index (χ2n) is 8.06. The molecule has 1 N–H and O–H groups in total. The maximum Gasteiger partial charge on any atom is 0.307 e. The predicted octanol–water partition coefficient (Wildman–Crippen LogP) is 5.27. The summed E-state index contributed by atoms with van der Waals surface area (Å²) < 4.78 is 0. The van der Waals surface area contributed by atoms with Crippen molar-refractivity contribution >= 4 is 27.6 Å². The van der Waals surface area contributed by atoms with E-state index in [9.17, 15) is 9.90 Å². The topological polar surface area (TPSA) is 53.4 Å².